The van der Waals surface area contributed by atoms with E-state index in [0.29, 0.717) is 11.1 Å². The molecule has 2 aliphatic rings. The van der Waals surface area contributed by atoms with E-state index in [-0.39, 0.29) is 0 Å². The van der Waals surface area contributed by atoms with Crippen LogP contribution in [0.2, 0.25) is 5.15 Å². The zero-order valence-corrected chi connectivity index (χ0v) is 10.5. The lowest BCUT2D eigenvalue weighted by Gasteiger charge is -2.27. The van der Waals surface area contributed by atoms with E-state index in [0.717, 1.165) is 56.8 Å². The molecule has 1 aromatic heterocycles. The minimum Gasteiger partial charge on any atom is -0.381 e. The van der Waals surface area contributed by atoms with Crippen LogP contribution in [0.25, 0.3) is 0 Å². The summed E-state index contributed by atoms with van der Waals surface area (Å²) in [5.74, 6) is 1.34. The number of aliphatic hydroxyl groups is 1. The number of fused-ring (bicyclic) bond motifs is 1. The highest BCUT2D eigenvalue weighted by atomic mass is 35.5. The van der Waals surface area contributed by atoms with E-state index < -0.39 is 6.23 Å². The predicted octanol–water partition coefficient (Wildman–Crippen LogP) is 2.26. The fourth-order valence-corrected chi connectivity index (χ4v) is 3.11. The molecule has 3 rings (SSSR count). The molecule has 5 heteroatoms. The Morgan fingerprint density at radius 1 is 1.29 bits per heavy atom. The molecule has 1 saturated heterocycles. The number of aliphatic hydroxyl groups excluding tert-OH is 1. The minimum absolute atomic E-state index is 0.378. The van der Waals surface area contributed by atoms with Crippen LogP contribution in [0.5, 0.6) is 0 Å². The molecule has 2 aliphatic heterocycles. The molecular weight excluding hydrogens is 240 g/mol. The summed E-state index contributed by atoms with van der Waals surface area (Å²) in [7, 11) is 0. The number of nitrogens with zero attached hydrogens (tertiary/aromatic N) is 2. The van der Waals surface area contributed by atoms with Gasteiger partial charge in [-0.15, -0.1) is 0 Å². The highest BCUT2D eigenvalue weighted by molar-refractivity contribution is 6.30. The van der Waals surface area contributed by atoms with Gasteiger partial charge in [-0.2, -0.15) is 0 Å². The number of hydrogen-bond acceptors (Lipinski definition) is 3. The van der Waals surface area contributed by atoms with Crippen molar-refractivity contribution in [1.29, 1.82) is 0 Å². The van der Waals surface area contributed by atoms with Crippen LogP contribution in [0.15, 0.2) is 0 Å². The van der Waals surface area contributed by atoms with Crippen molar-refractivity contribution in [3.63, 3.8) is 0 Å². The van der Waals surface area contributed by atoms with E-state index in [9.17, 15) is 5.11 Å². The summed E-state index contributed by atoms with van der Waals surface area (Å²) in [5.41, 5.74) is 1.01. The molecule has 3 heterocycles. The van der Waals surface area contributed by atoms with Gasteiger partial charge >= 0.3 is 0 Å². The standard InChI is InChI=1S/C12H17ClN2O2/c13-11-9-2-1-3-10(16)15(9)12(14-11)8-4-6-17-7-5-8/h8,10,16H,1-7H2. The molecule has 1 atom stereocenters. The van der Waals surface area contributed by atoms with Gasteiger partial charge in [-0.25, -0.2) is 4.98 Å². The molecule has 0 saturated carbocycles. The van der Waals surface area contributed by atoms with E-state index in [4.69, 9.17) is 16.3 Å². The first kappa shape index (κ1) is 11.5. The Morgan fingerprint density at radius 2 is 2.06 bits per heavy atom. The van der Waals surface area contributed by atoms with Crippen molar-refractivity contribution in [1.82, 2.24) is 9.55 Å². The zero-order chi connectivity index (χ0) is 11.8. The number of rotatable bonds is 1. The van der Waals surface area contributed by atoms with E-state index in [1.54, 1.807) is 0 Å². The molecular formula is C12H17ClN2O2. The van der Waals surface area contributed by atoms with Crippen LogP contribution in [0.1, 0.15) is 49.3 Å². The van der Waals surface area contributed by atoms with Gasteiger partial charge in [0.2, 0.25) is 0 Å². The Kier molecular flexibility index (Phi) is 3.11. The summed E-state index contributed by atoms with van der Waals surface area (Å²) in [6, 6.07) is 0. The van der Waals surface area contributed by atoms with Crippen molar-refractivity contribution < 1.29 is 9.84 Å². The van der Waals surface area contributed by atoms with E-state index in [1.165, 1.54) is 0 Å². The average molecular weight is 257 g/mol. The second-order valence-corrected chi connectivity index (χ2v) is 5.20. The Labute approximate surface area is 106 Å². The van der Waals surface area contributed by atoms with E-state index in [1.807, 2.05) is 4.57 Å². The normalized spacial score (nSPS) is 25.9. The van der Waals surface area contributed by atoms with Crippen LogP contribution in [0.4, 0.5) is 0 Å². The van der Waals surface area contributed by atoms with Crippen molar-refractivity contribution in [2.24, 2.45) is 0 Å². The molecule has 4 nitrogen and oxygen atoms in total. The predicted molar refractivity (Wildman–Crippen MR) is 64.2 cm³/mol. The lowest BCUT2D eigenvalue weighted by Crippen LogP contribution is -2.23. The molecule has 17 heavy (non-hydrogen) atoms. The van der Waals surface area contributed by atoms with Gasteiger partial charge in [0, 0.05) is 19.1 Å². The van der Waals surface area contributed by atoms with Gasteiger partial charge in [0.1, 0.15) is 12.1 Å². The molecule has 0 aromatic carbocycles. The van der Waals surface area contributed by atoms with Crippen LogP contribution < -0.4 is 0 Å². The summed E-state index contributed by atoms with van der Waals surface area (Å²) >= 11 is 6.17. The van der Waals surface area contributed by atoms with Crippen molar-refractivity contribution in [2.45, 2.75) is 44.2 Å². The van der Waals surface area contributed by atoms with Crippen LogP contribution in [0.3, 0.4) is 0 Å². The number of ether oxygens (including phenoxy) is 1. The molecule has 94 valence electrons. The summed E-state index contributed by atoms with van der Waals surface area (Å²) in [5, 5.41) is 10.7. The molecule has 0 amide bonds. The first-order valence-corrected chi connectivity index (χ1v) is 6.67. The van der Waals surface area contributed by atoms with Crippen LogP contribution in [-0.2, 0) is 11.2 Å². The smallest absolute Gasteiger partial charge is 0.150 e. The molecule has 1 unspecified atom stereocenters. The van der Waals surface area contributed by atoms with E-state index in [2.05, 4.69) is 4.98 Å². The summed E-state index contributed by atoms with van der Waals surface area (Å²) in [4.78, 5) is 4.48. The van der Waals surface area contributed by atoms with Gasteiger partial charge < -0.3 is 14.4 Å². The molecule has 0 radical (unpaired) electrons. The first-order valence-electron chi connectivity index (χ1n) is 6.29. The Morgan fingerprint density at radius 3 is 2.82 bits per heavy atom. The van der Waals surface area contributed by atoms with Gasteiger partial charge in [-0.3, -0.25) is 0 Å². The molecule has 0 bridgehead atoms. The van der Waals surface area contributed by atoms with Crippen molar-refractivity contribution in [3.8, 4) is 0 Å². The highest BCUT2D eigenvalue weighted by Crippen LogP contribution is 2.35. The van der Waals surface area contributed by atoms with Gasteiger partial charge in [-0.1, -0.05) is 11.6 Å². The first-order chi connectivity index (χ1) is 8.27. The topological polar surface area (TPSA) is 47.3 Å². The minimum atomic E-state index is -0.448. The number of aromatic nitrogens is 2. The Balaban J connectivity index is 1.98. The maximum atomic E-state index is 10.1. The zero-order valence-electron chi connectivity index (χ0n) is 9.73. The fraction of sp³-hybridized carbons (Fsp3) is 0.750. The maximum absolute atomic E-state index is 10.1. The third kappa shape index (κ3) is 1.98. The third-order valence-corrected chi connectivity index (χ3v) is 4.05. The summed E-state index contributed by atoms with van der Waals surface area (Å²) in [6.07, 6.45) is 4.21. The van der Waals surface area contributed by atoms with Crippen LogP contribution >= 0.6 is 11.6 Å². The van der Waals surface area contributed by atoms with Gasteiger partial charge in [0.15, 0.2) is 5.15 Å². The van der Waals surface area contributed by atoms with Crippen molar-refractivity contribution in [2.75, 3.05) is 13.2 Å². The van der Waals surface area contributed by atoms with Crippen LogP contribution in [-0.4, -0.2) is 27.9 Å². The second-order valence-electron chi connectivity index (χ2n) is 4.84. The van der Waals surface area contributed by atoms with Gasteiger partial charge in [-0.05, 0) is 32.1 Å². The fourth-order valence-electron chi connectivity index (χ4n) is 2.84. The number of imidazole rings is 1. The number of hydrogen-bond donors (Lipinski definition) is 1. The van der Waals surface area contributed by atoms with Crippen LogP contribution in [0, 0.1) is 0 Å². The van der Waals surface area contributed by atoms with Crippen molar-refractivity contribution in [3.05, 3.63) is 16.7 Å². The molecule has 1 fully saturated rings. The van der Waals surface area contributed by atoms with Gasteiger partial charge in [0.25, 0.3) is 0 Å². The third-order valence-electron chi connectivity index (χ3n) is 3.75. The maximum Gasteiger partial charge on any atom is 0.150 e. The number of halogens is 1. The largest absolute Gasteiger partial charge is 0.381 e. The monoisotopic (exact) mass is 256 g/mol. The Bertz CT molecular complexity index is 413. The summed E-state index contributed by atoms with van der Waals surface area (Å²) < 4.78 is 7.33. The molecule has 1 aromatic rings. The molecule has 1 N–H and O–H groups in total. The highest BCUT2D eigenvalue weighted by Gasteiger charge is 2.29. The second kappa shape index (κ2) is 4.59. The van der Waals surface area contributed by atoms with Crippen molar-refractivity contribution >= 4 is 11.6 Å². The molecule has 0 aliphatic carbocycles. The SMILES string of the molecule is OC1CCCc2c(Cl)nc(C3CCOCC3)n21. The molecule has 0 spiro atoms. The Hall–Kier alpha value is -0.580. The lowest BCUT2D eigenvalue weighted by molar-refractivity contribution is 0.0606. The quantitative estimate of drug-likeness (QED) is 0.838. The lowest BCUT2D eigenvalue weighted by atomic mass is 9.98. The van der Waals surface area contributed by atoms with E-state index >= 15 is 0 Å². The van der Waals surface area contributed by atoms with Gasteiger partial charge in [0.05, 0.1) is 5.69 Å². The summed E-state index contributed by atoms with van der Waals surface area (Å²) in [6.45, 7) is 1.56. The average Bonchev–Trinajstić information content (AvgIpc) is 2.70.